The maximum atomic E-state index is 12.1. The van der Waals surface area contributed by atoms with Gasteiger partial charge in [0, 0.05) is 0 Å². The number of aliphatic carboxylic acids is 1. The summed E-state index contributed by atoms with van der Waals surface area (Å²) in [6.07, 6.45) is -0.681. The number of carboxylic acids is 1. The van der Waals surface area contributed by atoms with Gasteiger partial charge in [-0.15, -0.1) is 0 Å². The molecule has 1 aromatic heterocycles. The summed E-state index contributed by atoms with van der Waals surface area (Å²) >= 11 is 5.79. The van der Waals surface area contributed by atoms with Crippen molar-refractivity contribution < 1.29 is 19.4 Å². The molecular formula is C13H15ClN2O4. The van der Waals surface area contributed by atoms with E-state index in [-0.39, 0.29) is 17.4 Å². The molecule has 1 unspecified atom stereocenters. The van der Waals surface area contributed by atoms with Crippen molar-refractivity contribution >= 4 is 23.7 Å². The van der Waals surface area contributed by atoms with Gasteiger partial charge in [-0.25, -0.2) is 14.6 Å². The molecule has 1 aliphatic heterocycles. The van der Waals surface area contributed by atoms with Crippen molar-refractivity contribution in [3.05, 3.63) is 28.5 Å². The van der Waals surface area contributed by atoms with E-state index < -0.39 is 23.7 Å². The topological polar surface area (TPSA) is 79.7 Å². The van der Waals surface area contributed by atoms with Crippen LogP contribution in [-0.2, 0) is 16.1 Å². The second-order valence-corrected chi connectivity index (χ2v) is 5.91. The van der Waals surface area contributed by atoms with Crippen LogP contribution in [0, 0.1) is 0 Å². The first-order valence-electron chi connectivity index (χ1n) is 6.07. The number of ether oxygens (including phenoxy) is 1. The molecule has 7 heteroatoms. The van der Waals surface area contributed by atoms with Crippen LogP contribution in [0.25, 0.3) is 0 Å². The average molecular weight is 299 g/mol. The van der Waals surface area contributed by atoms with Crippen molar-refractivity contribution in [3.8, 4) is 0 Å². The molecule has 0 saturated carbocycles. The van der Waals surface area contributed by atoms with Crippen molar-refractivity contribution in [1.29, 1.82) is 0 Å². The van der Waals surface area contributed by atoms with Crippen molar-refractivity contribution in [2.24, 2.45) is 0 Å². The summed E-state index contributed by atoms with van der Waals surface area (Å²) < 4.78 is 5.23. The molecule has 0 aromatic carbocycles. The Morgan fingerprint density at radius 3 is 2.65 bits per heavy atom. The molecule has 0 aliphatic carbocycles. The van der Waals surface area contributed by atoms with E-state index in [1.165, 1.54) is 0 Å². The minimum absolute atomic E-state index is 0.144. The average Bonchev–Trinajstić information content (AvgIpc) is 2.65. The Balaban J connectivity index is 2.33. The molecule has 2 heterocycles. The zero-order valence-electron chi connectivity index (χ0n) is 11.4. The highest BCUT2D eigenvalue weighted by atomic mass is 35.5. The van der Waals surface area contributed by atoms with E-state index in [9.17, 15) is 14.7 Å². The summed E-state index contributed by atoms with van der Waals surface area (Å²) in [5.74, 6) is -1.16. The standard InChI is InChI=1S/C13H15ClN2O4/c1-13(2,3)20-12(19)16-6-7-4-5-8(14)15-9(7)10(16)11(17)18/h4-5,10H,6H2,1-3H3,(H,17,18). The Morgan fingerprint density at radius 1 is 1.45 bits per heavy atom. The predicted octanol–water partition coefficient (Wildman–Crippen LogP) is 2.61. The van der Waals surface area contributed by atoms with Gasteiger partial charge in [-0.2, -0.15) is 0 Å². The van der Waals surface area contributed by atoms with E-state index >= 15 is 0 Å². The predicted molar refractivity (Wildman–Crippen MR) is 71.4 cm³/mol. The molecule has 0 bridgehead atoms. The Hall–Kier alpha value is -1.82. The number of halogens is 1. The van der Waals surface area contributed by atoms with Gasteiger partial charge in [-0.1, -0.05) is 17.7 Å². The molecule has 0 radical (unpaired) electrons. The second kappa shape index (κ2) is 4.94. The van der Waals surface area contributed by atoms with Crippen molar-refractivity contribution in [3.63, 3.8) is 0 Å². The SMILES string of the molecule is CC(C)(C)OC(=O)N1Cc2ccc(Cl)nc2C1C(=O)O. The normalized spacial score (nSPS) is 17.8. The lowest BCUT2D eigenvalue weighted by Gasteiger charge is -2.26. The van der Waals surface area contributed by atoms with Crippen LogP contribution in [-0.4, -0.2) is 32.7 Å². The number of hydrogen-bond donors (Lipinski definition) is 1. The van der Waals surface area contributed by atoms with E-state index in [4.69, 9.17) is 16.3 Å². The number of rotatable bonds is 1. The number of nitrogens with zero attached hydrogens (tertiary/aromatic N) is 2. The number of hydrogen-bond acceptors (Lipinski definition) is 4. The molecule has 1 aromatic rings. The number of carbonyl (C=O) groups excluding carboxylic acids is 1. The molecule has 0 spiro atoms. The number of carboxylic acid groups (broad SMARTS) is 1. The number of amides is 1. The molecule has 1 atom stereocenters. The van der Waals surface area contributed by atoms with Gasteiger partial charge in [0.05, 0.1) is 12.2 Å². The fourth-order valence-corrected chi connectivity index (χ4v) is 2.17. The highest BCUT2D eigenvalue weighted by molar-refractivity contribution is 6.29. The first kappa shape index (κ1) is 14.6. The minimum Gasteiger partial charge on any atom is -0.479 e. The summed E-state index contributed by atoms with van der Waals surface area (Å²) in [5, 5.41) is 9.53. The van der Waals surface area contributed by atoms with Crippen LogP contribution in [0.1, 0.15) is 38.1 Å². The third-order valence-electron chi connectivity index (χ3n) is 2.75. The van der Waals surface area contributed by atoms with Crippen LogP contribution < -0.4 is 0 Å². The third-order valence-corrected chi connectivity index (χ3v) is 2.96. The van der Waals surface area contributed by atoms with E-state index in [0.29, 0.717) is 5.56 Å². The molecular weight excluding hydrogens is 284 g/mol. The van der Waals surface area contributed by atoms with Gasteiger partial charge in [0.2, 0.25) is 0 Å². The Morgan fingerprint density at radius 2 is 2.10 bits per heavy atom. The van der Waals surface area contributed by atoms with Gasteiger partial charge in [-0.05, 0) is 32.4 Å². The van der Waals surface area contributed by atoms with E-state index in [1.54, 1.807) is 32.9 Å². The lowest BCUT2D eigenvalue weighted by atomic mass is 10.1. The Bertz CT molecular complexity index is 568. The van der Waals surface area contributed by atoms with Crippen LogP contribution in [0.4, 0.5) is 4.79 Å². The molecule has 2 rings (SSSR count). The monoisotopic (exact) mass is 298 g/mol. The van der Waals surface area contributed by atoms with Gasteiger partial charge in [-0.3, -0.25) is 4.90 Å². The zero-order valence-corrected chi connectivity index (χ0v) is 12.1. The van der Waals surface area contributed by atoms with Gasteiger partial charge in [0.1, 0.15) is 10.8 Å². The maximum Gasteiger partial charge on any atom is 0.411 e. The largest absolute Gasteiger partial charge is 0.479 e. The first-order valence-corrected chi connectivity index (χ1v) is 6.44. The maximum absolute atomic E-state index is 12.1. The molecule has 0 saturated heterocycles. The van der Waals surface area contributed by atoms with Crippen LogP contribution in [0.3, 0.4) is 0 Å². The third kappa shape index (κ3) is 2.85. The summed E-state index contributed by atoms with van der Waals surface area (Å²) in [7, 11) is 0. The van der Waals surface area contributed by atoms with Crippen molar-refractivity contribution in [2.45, 2.75) is 39.0 Å². The van der Waals surface area contributed by atoms with Crippen LogP contribution >= 0.6 is 11.6 Å². The Kier molecular flexibility index (Phi) is 3.60. The molecule has 1 N–H and O–H groups in total. The quantitative estimate of drug-likeness (QED) is 0.806. The summed E-state index contributed by atoms with van der Waals surface area (Å²) in [6.45, 7) is 5.31. The fourth-order valence-electron chi connectivity index (χ4n) is 2.01. The molecule has 108 valence electrons. The van der Waals surface area contributed by atoms with Crippen LogP contribution in [0.5, 0.6) is 0 Å². The number of aromatic nitrogens is 1. The minimum atomic E-state index is -1.17. The van der Waals surface area contributed by atoms with Gasteiger partial charge >= 0.3 is 12.1 Å². The summed E-state index contributed by atoms with van der Waals surface area (Å²) in [6, 6.07) is 2.07. The molecule has 6 nitrogen and oxygen atoms in total. The van der Waals surface area contributed by atoms with Gasteiger partial charge < -0.3 is 9.84 Å². The molecule has 20 heavy (non-hydrogen) atoms. The molecule has 1 aliphatic rings. The van der Waals surface area contributed by atoms with E-state index in [0.717, 1.165) is 4.90 Å². The fraction of sp³-hybridized carbons (Fsp3) is 0.462. The highest BCUT2D eigenvalue weighted by Crippen LogP contribution is 2.34. The summed E-state index contributed by atoms with van der Waals surface area (Å²) in [5.41, 5.74) is 0.253. The van der Waals surface area contributed by atoms with Crippen molar-refractivity contribution in [1.82, 2.24) is 9.88 Å². The summed E-state index contributed by atoms with van der Waals surface area (Å²) in [4.78, 5) is 28.7. The van der Waals surface area contributed by atoms with Crippen LogP contribution in [0.2, 0.25) is 5.15 Å². The zero-order chi connectivity index (χ0) is 15.1. The number of carbonyl (C=O) groups is 2. The Labute approximate surface area is 121 Å². The lowest BCUT2D eigenvalue weighted by molar-refractivity contribution is -0.143. The highest BCUT2D eigenvalue weighted by Gasteiger charge is 2.41. The van der Waals surface area contributed by atoms with E-state index in [1.807, 2.05) is 0 Å². The smallest absolute Gasteiger partial charge is 0.411 e. The number of pyridine rings is 1. The lowest BCUT2D eigenvalue weighted by Crippen LogP contribution is -2.38. The van der Waals surface area contributed by atoms with Crippen molar-refractivity contribution in [2.75, 3.05) is 0 Å². The molecule has 1 amide bonds. The second-order valence-electron chi connectivity index (χ2n) is 5.53. The van der Waals surface area contributed by atoms with Gasteiger partial charge in [0.25, 0.3) is 0 Å². The van der Waals surface area contributed by atoms with Gasteiger partial charge in [0.15, 0.2) is 6.04 Å². The van der Waals surface area contributed by atoms with E-state index in [2.05, 4.69) is 4.98 Å². The first-order chi connectivity index (χ1) is 9.19. The molecule has 0 fully saturated rings. The van der Waals surface area contributed by atoms with Crippen LogP contribution in [0.15, 0.2) is 12.1 Å². The number of fused-ring (bicyclic) bond motifs is 1.